The lowest BCUT2D eigenvalue weighted by Crippen LogP contribution is -2.12. The van der Waals surface area contributed by atoms with Gasteiger partial charge in [0.2, 0.25) is 0 Å². The van der Waals surface area contributed by atoms with Crippen molar-refractivity contribution in [3.63, 3.8) is 0 Å². The molecule has 0 saturated carbocycles. The van der Waals surface area contributed by atoms with Gasteiger partial charge < -0.3 is 0 Å². The largest absolute Gasteiger partial charge is 0.279 e. The van der Waals surface area contributed by atoms with E-state index in [4.69, 9.17) is 11.6 Å². The molecule has 0 atom stereocenters. The molecule has 2 rings (SSSR count). The van der Waals surface area contributed by atoms with E-state index in [9.17, 15) is 8.42 Å². The molecule has 0 aliphatic rings. The maximum Gasteiger partial charge on any atom is 0.272 e. The monoisotopic (exact) mass is 365 g/mol. The van der Waals surface area contributed by atoms with E-state index in [0.717, 1.165) is 16.9 Å². The second-order valence-corrected chi connectivity index (χ2v) is 7.71. The molecule has 0 unspecified atom stereocenters. The van der Waals surface area contributed by atoms with E-state index in [1.807, 2.05) is 6.92 Å². The predicted octanol–water partition coefficient (Wildman–Crippen LogP) is 4.27. The molecule has 0 aliphatic heterocycles. The SMILES string of the molecule is Cc1ccc(Cl)cc1NS(=O)(=O)c1sccc1Br. The summed E-state index contributed by atoms with van der Waals surface area (Å²) in [6.07, 6.45) is 0. The van der Waals surface area contributed by atoms with Gasteiger partial charge in [0.05, 0.1) is 5.69 Å². The average Bonchev–Trinajstić information content (AvgIpc) is 2.70. The molecule has 1 N–H and O–H groups in total. The molecule has 1 aromatic carbocycles. The Morgan fingerprint density at radius 3 is 2.67 bits per heavy atom. The first-order valence-corrected chi connectivity index (χ1v) is 8.45. The minimum Gasteiger partial charge on any atom is -0.279 e. The molecule has 0 amide bonds. The Hall–Kier alpha value is -0.560. The van der Waals surface area contributed by atoms with Gasteiger partial charge in [0.15, 0.2) is 4.21 Å². The first-order valence-electron chi connectivity index (χ1n) is 4.92. The minimum absolute atomic E-state index is 0.252. The Kier molecular flexibility index (Phi) is 4.01. The van der Waals surface area contributed by atoms with E-state index < -0.39 is 10.0 Å². The van der Waals surface area contributed by atoms with Crippen LogP contribution in [0, 0.1) is 6.92 Å². The second kappa shape index (κ2) is 5.21. The van der Waals surface area contributed by atoms with Gasteiger partial charge in [-0.2, -0.15) is 0 Å². The maximum atomic E-state index is 12.2. The highest BCUT2D eigenvalue weighted by Crippen LogP contribution is 2.30. The highest BCUT2D eigenvalue weighted by molar-refractivity contribution is 9.10. The fourth-order valence-corrected chi connectivity index (χ4v) is 5.00. The van der Waals surface area contributed by atoms with Crippen LogP contribution in [0.2, 0.25) is 5.02 Å². The van der Waals surface area contributed by atoms with Gasteiger partial charge in [-0.05, 0) is 52.0 Å². The summed E-state index contributed by atoms with van der Waals surface area (Å²) in [6.45, 7) is 1.82. The molecule has 0 radical (unpaired) electrons. The number of hydrogen-bond acceptors (Lipinski definition) is 3. The van der Waals surface area contributed by atoms with Gasteiger partial charge in [-0.1, -0.05) is 17.7 Å². The van der Waals surface area contributed by atoms with Crippen molar-refractivity contribution >= 4 is 54.6 Å². The summed E-state index contributed by atoms with van der Waals surface area (Å²) in [4.78, 5) is 0. The van der Waals surface area contributed by atoms with Crippen LogP contribution in [0.4, 0.5) is 5.69 Å². The first kappa shape index (κ1) is 13.9. The van der Waals surface area contributed by atoms with Gasteiger partial charge in [-0.25, -0.2) is 8.42 Å². The lowest BCUT2D eigenvalue weighted by molar-refractivity contribution is 0.603. The van der Waals surface area contributed by atoms with E-state index in [1.54, 1.807) is 29.6 Å². The summed E-state index contributed by atoms with van der Waals surface area (Å²) in [7, 11) is -3.58. The van der Waals surface area contributed by atoms with Crippen molar-refractivity contribution < 1.29 is 8.42 Å². The zero-order valence-electron chi connectivity index (χ0n) is 9.28. The Morgan fingerprint density at radius 2 is 2.06 bits per heavy atom. The van der Waals surface area contributed by atoms with Crippen LogP contribution in [-0.4, -0.2) is 8.42 Å². The van der Waals surface area contributed by atoms with Crippen LogP contribution in [0.15, 0.2) is 38.3 Å². The van der Waals surface area contributed by atoms with E-state index in [0.29, 0.717) is 15.2 Å². The molecule has 7 heteroatoms. The fourth-order valence-electron chi connectivity index (χ4n) is 1.37. The zero-order valence-corrected chi connectivity index (χ0v) is 13.3. The number of aryl methyl sites for hydroxylation is 1. The molecule has 1 aromatic heterocycles. The van der Waals surface area contributed by atoms with Gasteiger partial charge in [0, 0.05) is 9.50 Å². The van der Waals surface area contributed by atoms with Crippen molar-refractivity contribution in [1.29, 1.82) is 0 Å². The topological polar surface area (TPSA) is 46.2 Å². The summed E-state index contributed by atoms with van der Waals surface area (Å²) in [5, 5.41) is 2.20. The molecular weight excluding hydrogens is 358 g/mol. The van der Waals surface area contributed by atoms with Crippen molar-refractivity contribution in [1.82, 2.24) is 0 Å². The van der Waals surface area contributed by atoms with Crippen molar-refractivity contribution in [2.45, 2.75) is 11.1 Å². The Balaban J connectivity index is 2.40. The quantitative estimate of drug-likeness (QED) is 0.881. The number of sulfonamides is 1. The fraction of sp³-hybridized carbons (Fsp3) is 0.0909. The van der Waals surface area contributed by atoms with E-state index in [-0.39, 0.29) is 4.21 Å². The van der Waals surface area contributed by atoms with Crippen molar-refractivity contribution in [3.05, 3.63) is 44.7 Å². The molecule has 96 valence electrons. The van der Waals surface area contributed by atoms with Crippen LogP contribution in [0.5, 0.6) is 0 Å². The average molecular weight is 367 g/mol. The predicted molar refractivity (Wildman–Crippen MR) is 79.0 cm³/mol. The number of thiophene rings is 1. The number of hydrogen-bond donors (Lipinski definition) is 1. The summed E-state index contributed by atoms with van der Waals surface area (Å²) >= 11 is 10.2. The molecule has 1 heterocycles. The lowest BCUT2D eigenvalue weighted by atomic mass is 10.2. The Morgan fingerprint density at radius 1 is 1.33 bits per heavy atom. The summed E-state index contributed by atoms with van der Waals surface area (Å²) in [6, 6.07) is 6.78. The summed E-state index contributed by atoms with van der Waals surface area (Å²) < 4.78 is 27.7. The van der Waals surface area contributed by atoms with Crippen LogP contribution in [0.25, 0.3) is 0 Å². The molecule has 3 nitrogen and oxygen atoms in total. The van der Waals surface area contributed by atoms with Gasteiger partial charge in [0.1, 0.15) is 0 Å². The highest BCUT2D eigenvalue weighted by atomic mass is 79.9. The third kappa shape index (κ3) is 2.88. The molecule has 0 saturated heterocycles. The third-order valence-electron chi connectivity index (χ3n) is 2.27. The lowest BCUT2D eigenvalue weighted by Gasteiger charge is -2.10. The van der Waals surface area contributed by atoms with Gasteiger partial charge in [-0.15, -0.1) is 11.3 Å². The third-order valence-corrected chi connectivity index (χ3v) is 6.54. The van der Waals surface area contributed by atoms with Crippen LogP contribution < -0.4 is 4.72 Å². The van der Waals surface area contributed by atoms with Gasteiger partial charge in [0.25, 0.3) is 10.0 Å². The molecule has 2 aromatic rings. The number of anilines is 1. The van der Waals surface area contributed by atoms with E-state index in [2.05, 4.69) is 20.7 Å². The number of rotatable bonds is 3. The smallest absolute Gasteiger partial charge is 0.272 e. The van der Waals surface area contributed by atoms with Crippen LogP contribution >= 0.6 is 38.9 Å². The highest BCUT2D eigenvalue weighted by Gasteiger charge is 2.20. The molecule has 0 bridgehead atoms. The molecule has 0 spiro atoms. The van der Waals surface area contributed by atoms with Crippen molar-refractivity contribution in [2.75, 3.05) is 4.72 Å². The number of nitrogens with one attached hydrogen (secondary N) is 1. The maximum absolute atomic E-state index is 12.2. The van der Waals surface area contributed by atoms with E-state index >= 15 is 0 Å². The zero-order chi connectivity index (χ0) is 13.3. The van der Waals surface area contributed by atoms with Crippen molar-refractivity contribution in [3.8, 4) is 0 Å². The summed E-state index contributed by atoms with van der Waals surface area (Å²) in [5.74, 6) is 0. The van der Waals surface area contributed by atoms with Crippen LogP contribution in [0.1, 0.15) is 5.56 Å². The van der Waals surface area contributed by atoms with Crippen molar-refractivity contribution in [2.24, 2.45) is 0 Å². The van der Waals surface area contributed by atoms with E-state index in [1.165, 1.54) is 0 Å². The van der Waals surface area contributed by atoms with Gasteiger partial charge in [-0.3, -0.25) is 4.72 Å². The molecule has 18 heavy (non-hydrogen) atoms. The second-order valence-electron chi connectivity index (χ2n) is 3.62. The Bertz CT molecular complexity index is 682. The molecular formula is C11H9BrClNO2S2. The normalized spacial score (nSPS) is 11.5. The number of benzene rings is 1. The Labute approximate surface area is 123 Å². The summed E-state index contributed by atoms with van der Waals surface area (Å²) in [5.41, 5.74) is 1.30. The standard InChI is InChI=1S/C11H9BrClNO2S2/c1-7-2-3-8(13)6-10(7)14-18(15,16)11-9(12)4-5-17-11/h2-6,14H,1H3. The first-order chi connectivity index (χ1) is 8.40. The van der Waals surface area contributed by atoms with Crippen LogP contribution in [0.3, 0.4) is 0 Å². The minimum atomic E-state index is -3.58. The van der Waals surface area contributed by atoms with Gasteiger partial charge >= 0.3 is 0 Å². The molecule has 0 aliphatic carbocycles. The number of halogens is 2. The molecule has 0 fully saturated rings. The van der Waals surface area contributed by atoms with Crippen LogP contribution in [-0.2, 0) is 10.0 Å².